The Balaban J connectivity index is 1.90. The molecule has 6 nitrogen and oxygen atoms in total. The van der Waals surface area contributed by atoms with Gasteiger partial charge in [0.15, 0.2) is 0 Å². The van der Waals surface area contributed by atoms with Crippen LogP contribution in [0.25, 0.3) is 0 Å². The van der Waals surface area contributed by atoms with Crippen LogP contribution in [-0.4, -0.2) is 23.0 Å². The highest BCUT2D eigenvalue weighted by Crippen LogP contribution is 2.08. The molecule has 0 bridgehead atoms. The number of urea groups is 1. The molecule has 0 aliphatic rings. The molecule has 0 saturated heterocycles. The summed E-state index contributed by atoms with van der Waals surface area (Å²) in [5, 5.41) is 8.04. The van der Waals surface area contributed by atoms with E-state index in [-0.39, 0.29) is 24.2 Å². The lowest BCUT2D eigenvalue weighted by Gasteiger charge is -2.22. The summed E-state index contributed by atoms with van der Waals surface area (Å²) in [6, 6.07) is 8.09. The molecule has 7 heteroatoms. The van der Waals surface area contributed by atoms with Gasteiger partial charge in [-0.2, -0.15) is 0 Å². The van der Waals surface area contributed by atoms with Crippen LogP contribution in [0.4, 0.5) is 14.9 Å². The normalized spacial score (nSPS) is 11.7. The fourth-order valence-corrected chi connectivity index (χ4v) is 2.17. The van der Waals surface area contributed by atoms with E-state index >= 15 is 0 Å². The minimum atomic E-state index is -0.701. The molecular weight excluding hydrogens is 323 g/mol. The molecule has 0 radical (unpaired) electrons. The predicted molar refractivity (Wildman–Crippen MR) is 93.3 cm³/mol. The Morgan fingerprint density at radius 3 is 2.48 bits per heavy atom. The maximum atomic E-state index is 12.9. The summed E-state index contributed by atoms with van der Waals surface area (Å²) >= 11 is 0. The molecule has 3 amide bonds. The summed E-state index contributed by atoms with van der Waals surface area (Å²) in [5.74, 6) is -0.756. The number of nitrogens with one attached hydrogen (secondary N) is 3. The van der Waals surface area contributed by atoms with Crippen LogP contribution >= 0.6 is 0 Å². The highest BCUT2D eigenvalue weighted by molar-refractivity contribution is 5.97. The maximum absolute atomic E-state index is 12.9. The highest BCUT2D eigenvalue weighted by atomic mass is 19.1. The third-order valence-corrected chi connectivity index (χ3v) is 3.53. The lowest BCUT2D eigenvalue weighted by atomic mass is 10.0. The van der Waals surface area contributed by atoms with Crippen molar-refractivity contribution in [3.63, 3.8) is 0 Å². The van der Waals surface area contributed by atoms with Crippen molar-refractivity contribution >= 4 is 17.6 Å². The lowest BCUT2D eigenvalue weighted by molar-refractivity contribution is -0.118. The molecule has 0 fully saturated rings. The van der Waals surface area contributed by atoms with E-state index in [9.17, 15) is 14.0 Å². The zero-order chi connectivity index (χ0) is 18.2. The lowest BCUT2D eigenvalue weighted by Crippen LogP contribution is -2.50. The number of halogens is 1. The molecule has 25 heavy (non-hydrogen) atoms. The molecule has 1 unspecified atom stereocenters. The van der Waals surface area contributed by atoms with Gasteiger partial charge in [-0.1, -0.05) is 26.0 Å². The first-order valence-electron chi connectivity index (χ1n) is 7.95. The molecule has 1 aromatic heterocycles. The van der Waals surface area contributed by atoms with Crippen molar-refractivity contribution in [1.82, 2.24) is 15.6 Å². The average molecular weight is 344 g/mol. The number of rotatable bonds is 6. The van der Waals surface area contributed by atoms with Crippen LogP contribution in [0.5, 0.6) is 0 Å². The van der Waals surface area contributed by atoms with Gasteiger partial charge in [0.25, 0.3) is 0 Å². The number of benzene rings is 1. The van der Waals surface area contributed by atoms with Crippen molar-refractivity contribution in [2.45, 2.75) is 26.4 Å². The smallest absolute Gasteiger partial charge is 0.315 e. The van der Waals surface area contributed by atoms with E-state index in [0.717, 1.165) is 5.56 Å². The SMILES string of the molecule is CC(C)C(NC(=O)NCc1ccc(F)cc1)C(=O)Nc1cccnc1. The number of hydrogen-bond donors (Lipinski definition) is 3. The number of aromatic nitrogens is 1. The highest BCUT2D eigenvalue weighted by Gasteiger charge is 2.24. The largest absolute Gasteiger partial charge is 0.334 e. The molecule has 1 heterocycles. The second-order valence-corrected chi connectivity index (χ2v) is 5.91. The monoisotopic (exact) mass is 344 g/mol. The van der Waals surface area contributed by atoms with Crippen LogP contribution in [0, 0.1) is 11.7 Å². The Hall–Kier alpha value is -2.96. The number of amides is 3. The van der Waals surface area contributed by atoms with Crippen molar-refractivity contribution in [3.05, 3.63) is 60.2 Å². The summed E-state index contributed by atoms with van der Waals surface area (Å²) in [5.41, 5.74) is 1.32. The molecule has 1 aromatic carbocycles. The second-order valence-electron chi connectivity index (χ2n) is 5.91. The van der Waals surface area contributed by atoms with Gasteiger partial charge in [0.1, 0.15) is 11.9 Å². The summed E-state index contributed by atoms with van der Waals surface area (Å²) < 4.78 is 12.9. The summed E-state index contributed by atoms with van der Waals surface area (Å²) in [6.07, 6.45) is 3.14. The van der Waals surface area contributed by atoms with Gasteiger partial charge in [0.05, 0.1) is 11.9 Å². The van der Waals surface area contributed by atoms with E-state index in [4.69, 9.17) is 0 Å². The number of pyridine rings is 1. The van der Waals surface area contributed by atoms with Gasteiger partial charge in [-0.3, -0.25) is 9.78 Å². The van der Waals surface area contributed by atoms with Gasteiger partial charge >= 0.3 is 6.03 Å². The van der Waals surface area contributed by atoms with E-state index < -0.39 is 12.1 Å². The van der Waals surface area contributed by atoms with E-state index in [2.05, 4.69) is 20.9 Å². The number of nitrogens with zero attached hydrogens (tertiary/aromatic N) is 1. The van der Waals surface area contributed by atoms with Gasteiger partial charge in [-0.15, -0.1) is 0 Å². The quantitative estimate of drug-likeness (QED) is 0.753. The third kappa shape index (κ3) is 5.87. The number of anilines is 1. The number of carbonyl (C=O) groups is 2. The van der Waals surface area contributed by atoms with Gasteiger partial charge in [0.2, 0.25) is 5.91 Å². The molecule has 0 saturated carbocycles. The summed E-state index contributed by atoms with van der Waals surface area (Å²) in [6.45, 7) is 3.92. The molecule has 2 rings (SSSR count). The first-order chi connectivity index (χ1) is 12.0. The zero-order valence-electron chi connectivity index (χ0n) is 14.1. The third-order valence-electron chi connectivity index (χ3n) is 3.53. The molecular formula is C18H21FN4O2. The zero-order valence-corrected chi connectivity index (χ0v) is 14.1. The van der Waals surface area contributed by atoms with Gasteiger partial charge in [-0.05, 0) is 35.7 Å². The van der Waals surface area contributed by atoms with Crippen LogP contribution in [0.1, 0.15) is 19.4 Å². The Morgan fingerprint density at radius 1 is 1.16 bits per heavy atom. The van der Waals surface area contributed by atoms with Gasteiger partial charge < -0.3 is 16.0 Å². The van der Waals surface area contributed by atoms with Crippen molar-refractivity contribution in [2.24, 2.45) is 5.92 Å². The predicted octanol–water partition coefficient (Wildman–Crippen LogP) is 2.68. The molecule has 0 aliphatic heterocycles. The standard InChI is InChI=1S/C18H21FN4O2/c1-12(2)16(17(24)22-15-4-3-9-20-11-15)23-18(25)21-10-13-5-7-14(19)8-6-13/h3-9,11-12,16H,10H2,1-2H3,(H,22,24)(H2,21,23,25). The first kappa shape index (κ1) is 18.4. The topological polar surface area (TPSA) is 83.1 Å². The van der Waals surface area contributed by atoms with Crippen LogP contribution < -0.4 is 16.0 Å². The molecule has 0 aliphatic carbocycles. The Labute approximate surface area is 145 Å². The van der Waals surface area contributed by atoms with Crippen LogP contribution in [-0.2, 0) is 11.3 Å². The molecule has 0 spiro atoms. The summed E-state index contributed by atoms with van der Waals surface area (Å²) in [4.78, 5) is 28.4. The summed E-state index contributed by atoms with van der Waals surface area (Å²) in [7, 11) is 0. The Morgan fingerprint density at radius 2 is 1.88 bits per heavy atom. The van der Waals surface area contributed by atoms with Gasteiger partial charge in [-0.25, -0.2) is 9.18 Å². The average Bonchev–Trinajstić information content (AvgIpc) is 2.59. The van der Waals surface area contributed by atoms with Gasteiger partial charge in [0, 0.05) is 12.7 Å². The van der Waals surface area contributed by atoms with E-state index in [0.29, 0.717) is 5.69 Å². The molecule has 2 aromatic rings. The fraction of sp³-hybridized carbons (Fsp3) is 0.278. The second kappa shape index (κ2) is 8.77. The van der Waals surface area contributed by atoms with Crippen molar-refractivity contribution in [1.29, 1.82) is 0 Å². The van der Waals surface area contributed by atoms with Crippen LogP contribution in [0.3, 0.4) is 0 Å². The van der Waals surface area contributed by atoms with E-state index in [1.807, 2.05) is 13.8 Å². The Bertz CT molecular complexity index is 705. The minimum absolute atomic E-state index is 0.103. The molecule has 3 N–H and O–H groups in total. The van der Waals surface area contributed by atoms with E-state index in [1.54, 1.807) is 30.5 Å². The molecule has 132 valence electrons. The molecule has 1 atom stereocenters. The van der Waals surface area contributed by atoms with Crippen molar-refractivity contribution < 1.29 is 14.0 Å². The van der Waals surface area contributed by atoms with Crippen molar-refractivity contribution in [3.8, 4) is 0 Å². The van der Waals surface area contributed by atoms with E-state index in [1.165, 1.54) is 18.3 Å². The van der Waals surface area contributed by atoms with Crippen molar-refractivity contribution in [2.75, 3.05) is 5.32 Å². The van der Waals surface area contributed by atoms with Crippen LogP contribution in [0.2, 0.25) is 0 Å². The first-order valence-corrected chi connectivity index (χ1v) is 7.95. The minimum Gasteiger partial charge on any atom is -0.334 e. The number of hydrogen-bond acceptors (Lipinski definition) is 3. The van der Waals surface area contributed by atoms with Crippen LogP contribution in [0.15, 0.2) is 48.8 Å². The fourth-order valence-electron chi connectivity index (χ4n) is 2.17. The number of carbonyl (C=O) groups excluding carboxylic acids is 2. The Kier molecular flexibility index (Phi) is 6.45. The maximum Gasteiger partial charge on any atom is 0.315 e.